The van der Waals surface area contributed by atoms with Crippen LogP contribution in [0, 0.1) is 23.7 Å². The maximum atomic E-state index is 11.8. The summed E-state index contributed by atoms with van der Waals surface area (Å²) in [7, 11) is -8.89. The summed E-state index contributed by atoms with van der Waals surface area (Å²) in [4.78, 5) is -0.558. The van der Waals surface area contributed by atoms with Crippen molar-refractivity contribution in [1.82, 2.24) is 0 Å². The van der Waals surface area contributed by atoms with Crippen molar-refractivity contribution in [2.75, 3.05) is 0 Å². The second-order valence-electron chi connectivity index (χ2n) is 8.48. The molecule has 2 fully saturated rings. The minimum atomic E-state index is -4.46. The van der Waals surface area contributed by atoms with E-state index < -0.39 is 20.2 Å². The molecule has 0 saturated heterocycles. The smallest absolute Gasteiger partial charge is 0.282 e. The number of hydrogen-bond donors (Lipinski definition) is 2. The van der Waals surface area contributed by atoms with E-state index in [9.17, 15) is 25.9 Å². The fourth-order valence-electron chi connectivity index (χ4n) is 5.50. The van der Waals surface area contributed by atoms with E-state index in [0.29, 0.717) is 16.9 Å². The normalized spacial score (nSPS) is 32.8. The maximum absolute atomic E-state index is 11.8. The first kappa shape index (κ1) is 18.9. The van der Waals surface area contributed by atoms with Crippen LogP contribution in [0.4, 0.5) is 0 Å². The quantitative estimate of drug-likeness (QED) is 0.745. The highest BCUT2D eigenvalue weighted by Gasteiger charge is 2.79. The van der Waals surface area contributed by atoms with Gasteiger partial charge in [0.2, 0.25) is 0 Å². The summed E-state index contributed by atoms with van der Waals surface area (Å²) < 4.78 is 65.8. The fourth-order valence-corrected chi connectivity index (χ4v) is 6.65. The standard InChI is InChI=1S/C19H22O6S2/c1-10-5-13(26(20,21)22)6-12-7-14(27(23,24)25)8-15(17(10)12)16-9-18(3)11(2)19(16,18)4/h5-8,11,16H,9H2,1-4H3,(H,20,21,22)(H,23,24,25). The van der Waals surface area contributed by atoms with E-state index in [1.807, 2.05) is 0 Å². The molecular weight excluding hydrogens is 388 g/mol. The molecule has 2 saturated carbocycles. The summed E-state index contributed by atoms with van der Waals surface area (Å²) in [6.07, 6.45) is 0.911. The lowest BCUT2D eigenvalue weighted by molar-refractivity contribution is 0.170. The predicted octanol–water partition coefficient (Wildman–Crippen LogP) is 3.79. The number of aryl methyl sites for hydroxylation is 1. The third-order valence-electron chi connectivity index (χ3n) is 7.55. The van der Waals surface area contributed by atoms with Gasteiger partial charge in [-0.1, -0.05) is 20.8 Å². The Morgan fingerprint density at radius 2 is 1.48 bits per heavy atom. The Bertz CT molecular complexity index is 1210. The van der Waals surface area contributed by atoms with Crippen molar-refractivity contribution in [3.63, 3.8) is 0 Å². The summed E-state index contributed by atoms with van der Waals surface area (Å²) in [6, 6.07) is 5.42. The molecule has 0 aliphatic heterocycles. The van der Waals surface area contributed by atoms with Crippen molar-refractivity contribution in [3.8, 4) is 0 Å². The van der Waals surface area contributed by atoms with E-state index in [-0.39, 0.29) is 26.5 Å². The van der Waals surface area contributed by atoms with Gasteiger partial charge in [0, 0.05) is 0 Å². The molecule has 4 unspecified atom stereocenters. The van der Waals surface area contributed by atoms with Crippen molar-refractivity contribution in [2.45, 2.75) is 49.8 Å². The Labute approximate surface area is 159 Å². The molecule has 0 amide bonds. The van der Waals surface area contributed by atoms with Gasteiger partial charge in [-0.05, 0) is 82.2 Å². The van der Waals surface area contributed by atoms with Crippen LogP contribution in [0.5, 0.6) is 0 Å². The summed E-state index contributed by atoms with van der Waals surface area (Å²) in [5.74, 6) is 0.619. The third-order valence-corrected chi connectivity index (χ3v) is 9.21. The Morgan fingerprint density at radius 1 is 0.963 bits per heavy atom. The van der Waals surface area contributed by atoms with Crippen LogP contribution < -0.4 is 0 Å². The van der Waals surface area contributed by atoms with Crippen LogP contribution in [0.1, 0.15) is 44.2 Å². The highest BCUT2D eigenvalue weighted by molar-refractivity contribution is 7.86. The van der Waals surface area contributed by atoms with Crippen LogP contribution in [-0.2, 0) is 20.2 Å². The van der Waals surface area contributed by atoms with Gasteiger partial charge in [0.15, 0.2) is 0 Å². The van der Waals surface area contributed by atoms with Crippen molar-refractivity contribution in [1.29, 1.82) is 0 Å². The van der Waals surface area contributed by atoms with Crippen LogP contribution in [0.3, 0.4) is 0 Å². The summed E-state index contributed by atoms with van der Waals surface area (Å²) >= 11 is 0. The molecule has 2 aliphatic carbocycles. The molecule has 0 radical (unpaired) electrons. The second-order valence-corrected chi connectivity index (χ2v) is 11.3. The average molecular weight is 411 g/mol. The average Bonchev–Trinajstić information content (AvgIpc) is 2.85. The van der Waals surface area contributed by atoms with Gasteiger partial charge in [-0.25, -0.2) is 0 Å². The van der Waals surface area contributed by atoms with E-state index in [4.69, 9.17) is 0 Å². The lowest BCUT2D eigenvalue weighted by Gasteiger charge is -2.41. The molecule has 2 N–H and O–H groups in total. The van der Waals surface area contributed by atoms with Gasteiger partial charge in [0.1, 0.15) is 0 Å². The van der Waals surface area contributed by atoms with Gasteiger partial charge in [-0.2, -0.15) is 16.8 Å². The first-order valence-corrected chi connectivity index (χ1v) is 11.6. The number of rotatable bonds is 3. The van der Waals surface area contributed by atoms with Crippen molar-refractivity contribution < 1.29 is 25.9 Å². The van der Waals surface area contributed by atoms with E-state index in [2.05, 4.69) is 20.8 Å². The van der Waals surface area contributed by atoms with E-state index in [1.165, 1.54) is 24.3 Å². The molecule has 4 atom stereocenters. The minimum Gasteiger partial charge on any atom is -0.282 e. The fraction of sp³-hybridized carbons (Fsp3) is 0.474. The van der Waals surface area contributed by atoms with Gasteiger partial charge in [0.25, 0.3) is 20.2 Å². The summed E-state index contributed by atoms with van der Waals surface area (Å²) in [5, 5.41) is 1.15. The largest absolute Gasteiger partial charge is 0.294 e. The van der Waals surface area contributed by atoms with E-state index in [0.717, 1.165) is 17.4 Å². The third kappa shape index (κ3) is 2.36. The van der Waals surface area contributed by atoms with Gasteiger partial charge in [0.05, 0.1) is 9.79 Å². The SMILES string of the molecule is Cc1cc(S(=O)(=O)O)cc2cc(S(=O)(=O)O)cc(C3CC4(C)C(C)C34C)c12. The molecule has 0 spiro atoms. The molecule has 0 aromatic heterocycles. The molecule has 2 aromatic carbocycles. The molecule has 8 heteroatoms. The van der Waals surface area contributed by atoms with Gasteiger partial charge in [-0.3, -0.25) is 9.11 Å². The van der Waals surface area contributed by atoms with Crippen LogP contribution in [0.25, 0.3) is 10.8 Å². The Balaban J connectivity index is 2.04. The molecule has 0 bridgehead atoms. The van der Waals surface area contributed by atoms with Crippen LogP contribution in [0.2, 0.25) is 0 Å². The number of hydrogen-bond acceptors (Lipinski definition) is 4. The second kappa shape index (κ2) is 5.11. The van der Waals surface area contributed by atoms with Crippen molar-refractivity contribution >= 4 is 31.0 Å². The van der Waals surface area contributed by atoms with E-state index >= 15 is 0 Å². The molecule has 27 heavy (non-hydrogen) atoms. The van der Waals surface area contributed by atoms with Gasteiger partial charge in [-0.15, -0.1) is 0 Å². The molecule has 146 valence electrons. The highest BCUT2D eigenvalue weighted by Crippen LogP contribution is 2.86. The first-order valence-electron chi connectivity index (χ1n) is 8.74. The van der Waals surface area contributed by atoms with E-state index in [1.54, 1.807) is 6.92 Å². The topological polar surface area (TPSA) is 109 Å². The van der Waals surface area contributed by atoms with Crippen LogP contribution in [0.15, 0.2) is 34.1 Å². The van der Waals surface area contributed by atoms with Crippen LogP contribution >= 0.6 is 0 Å². The molecular formula is C19H22O6S2. The molecule has 4 rings (SSSR count). The molecule has 6 nitrogen and oxygen atoms in total. The van der Waals surface area contributed by atoms with Gasteiger partial charge >= 0.3 is 0 Å². The Kier molecular flexibility index (Phi) is 3.57. The summed E-state index contributed by atoms with van der Waals surface area (Å²) in [6.45, 7) is 8.36. The minimum absolute atomic E-state index is 0.0476. The zero-order chi connectivity index (χ0) is 20.2. The maximum Gasteiger partial charge on any atom is 0.294 e. The Morgan fingerprint density at radius 3 is 1.89 bits per heavy atom. The highest BCUT2D eigenvalue weighted by atomic mass is 32.2. The number of fused-ring (bicyclic) bond motifs is 2. The van der Waals surface area contributed by atoms with Crippen molar-refractivity contribution in [2.24, 2.45) is 16.7 Å². The molecule has 2 aliphatic rings. The lowest BCUT2D eigenvalue weighted by atomic mass is 9.63. The zero-order valence-corrected chi connectivity index (χ0v) is 17.1. The molecule has 2 aromatic rings. The zero-order valence-electron chi connectivity index (χ0n) is 15.5. The van der Waals surface area contributed by atoms with Crippen molar-refractivity contribution in [3.05, 3.63) is 35.4 Å². The monoisotopic (exact) mass is 410 g/mol. The van der Waals surface area contributed by atoms with Crippen LogP contribution in [-0.4, -0.2) is 25.9 Å². The summed E-state index contributed by atoms with van der Waals surface area (Å²) in [5.41, 5.74) is 1.72. The van der Waals surface area contributed by atoms with Gasteiger partial charge < -0.3 is 0 Å². The number of benzene rings is 2. The lowest BCUT2D eigenvalue weighted by Crippen LogP contribution is -2.31. The molecule has 0 heterocycles. The first-order chi connectivity index (χ1) is 12.2. The predicted molar refractivity (Wildman–Crippen MR) is 101 cm³/mol. The Hall–Kier alpha value is -1.48.